The normalized spacial score (nSPS) is 20.0. The van der Waals surface area contributed by atoms with E-state index in [9.17, 15) is 4.39 Å². The van der Waals surface area contributed by atoms with E-state index in [0.717, 1.165) is 23.1 Å². The van der Waals surface area contributed by atoms with Crippen molar-refractivity contribution in [3.63, 3.8) is 0 Å². The van der Waals surface area contributed by atoms with Gasteiger partial charge in [-0.25, -0.2) is 4.39 Å². The van der Waals surface area contributed by atoms with Crippen LogP contribution in [0.5, 0.6) is 0 Å². The summed E-state index contributed by atoms with van der Waals surface area (Å²) < 4.78 is 31.4. The summed E-state index contributed by atoms with van der Waals surface area (Å²) in [5.41, 5.74) is 3.26. The highest BCUT2D eigenvalue weighted by molar-refractivity contribution is 5.68. The fraction of sp³-hybridized carbons (Fsp3) is 0.478. The number of rotatable bonds is 8. The number of methoxy groups -OCH3 is 1. The highest BCUT2D eigenvalue weighted by atomic mass is 19.1. The minimum absolute atomic E-state index is 0.259. The Bertz CT molecular complexity index is 723. The summed E-state index contributed by atoms with van der Waals surface area (Å²) in [4.78, 5) is 0. The fourth-order valence-electron chi connectivity index (χ4n) is 3.53. The molecule has 1 heterocycles. The summed E-state index contributed by atoms with van der Waals surface area (Å²) in [6, 6.07) is 13.2. The average Bonchev–Trinajstić information content (AvgIpc) is 2.70. The van der Waals surface area contributed by atoms with Crippen LogP contribution < -0.4 is 0 Å². The zero-order chi connectivity index (χ0) is 19.1. The van der Waals surface area contributed by atoms with Crippen molar-refractivity contribution in [3.8, 4) is 11.1 Å². The first-order valence-electron chi connectivity index (χ1n) is 9.82. The van der Waals surface area contributed by atoms with E-state index in [-0.39, 0.29) is 12.4 Å². The van der Waals surface area contributed by atoms with E-state index in [4.69, 9.17) is 14.2 Å². The molecule has 1 aliphatic rings. The summed E-state index contributed by atoms with van der Waals surface area (Å²) in [6.45, 7) is 3.90. The van der Waals surface area contributed by atoms with Gasteiger partial charge in [-0.15, -0.1) is 0 Å². The molecule has 2 aromatic carbocycles. The molecule has 0 aromatic heterocycles. The molecule has 0 saturated carbocycles. The Morgan fingerprint density at radius 1 is 1.07 bits per heavy atom. The predicted octanol–water partition coefficient (Wildman–Crippen LogP) is 5.88. The van der Waals surface area contributed by atoms with Gasteiger partial charge in [0.05, 0.1) is 19.8 Å². The van der Waals surface area contributed by atoms with Crippen molar-refractivity contribution in [1.29, 1.82) is 0 Å². The highest BCUT2D eigenvalue weighted by Gasteiger charge is 2.25. The molecule has 4 heteroatoms. The quantitative estimate of drug-likeness (QED) is 0.542. The minimum Gasteiger partial charge on any atom is -0.380 e. The maximum absolute atomic E-state index is 14.4. The zero-order valence-electron chi connectivity index (χ0n) is 16.2. The molecule has 3 nitrogen and oxygen atoms in total. The van der Waals surface area contributed by atoms with Gasteiger partial charge in [0.1, 0.15) is 5.82 Å². The van der Waals surface area contributed by atoms with Gasteiger partial charge in [0.2, 0.25) is 0 Å². The lowest BCUT2D eigenvalue weighted by atomic mass is 9.97. The third-order valence-corrected chi connectivity index (χ3v) is 5.06. The maximum Gasteiger partial charge on any atom is 0.184 e. The van der Waals surface area contributed by atoms with Crippen molar-refractivity contribution < 1.29 is 18.6 Å². The van der Waals surface area contributed by atoms with Crippen LogP contribution in [0.4, 0.5) is 4.39 Å². The Morgan fingerprint density at radius 2 is 1.85 bits per heavy atom. The maximum atomic E-state index is 14.4. The average molecular weight is 372 g/mol. The number of hydrogen-bond acceptors (Lipinski definition) is 3. The van der Waals surface area contributed by atoms with E-state index in [0.29, 0.717) is 24.7 Å². The van der Waals surface area contributed by atoms with Crippen molar-refractivity contribution in [2.45, 2.75) is 45.5 Å². The minimum atomic E-state index is -0.398. The van der Waals surface area contributed by atoms with Crippen LogP contribution in [0, 0.1) is 11.7 Å². The summed E-state index contributed by atoms with van der Waals surface area (Å²) in [5, 5.41) is 0. The Balaban J connectivity index is 1.73. The number of halogens is 1. The number of benzene rings is 2. The van der Waals surface area contributed by atoms with Crippen LogP contribution in [-0.2, 0) is 20.8 Å². The van der Waals surface area contributed by atoms with Crippen LogP contribution in [0.2, 0.25) is 0 Å². The van der Waals surface area contributed by atoms with Gasteiger partial charge < -0.3 is 14.2 Å². The number of hydrogen-bond donors (Lipinski definition) is 0. The van der Waals surface area contributed by atoms with Crippen molar-refractivity contribution in [2.24, 2.45) is 5.92 Å². The molecule has 146 valence electrons. The van der Waals surface area contributed by atoms with Crippen LogP contribution in [0.25, 0.3) is 11.1 Å². The lowest BCUT2D eigenvalue weighted by Gasteiger charge is -2.30. The van der Waals surface area contributed by atoms with Crippen LogP contribution in [0.15, 0.2) is 42.5 Å². The molecule has 0 bridgehead atoms. The van der Waals surface area contributed by atoms with E-state index in [1.54, 1.807) is 19.2 Å². The van der Waals surface area contributed by atoms with Crippen molar-refractivity contribution in [1.82, 2.24) is 0 Å². The van der Waals surface area contributed by atoms with Gasteiger partial charge in [0, 0.05) is 24.2 Å². The Labute approximate surface area is 161 Å². The molecule has 3 rings (SSSR count). The second kappa shape index (κ2) is 9.98. The number of ether oxygens (including phenoxy) is 3. The molecule has 0 atom stereocenters. The molecule has 0 aliphatic carbocycles. The molecular formula is C23H29FO3. The molecule has 0 spiro atoms. The van der Waals surface area contributed by atoms with Gasteiger partial charge in [-0.1, -0.05) is 62.6 Å². The van der Waals surface area contributed by atoms with Gasteiger partial charge >= 0.3 is 0 Å². The lowest BCUT2D eigenvalue weighted by molar-refractivity contribution is -0.205. The monoisotopic (exact) mass is 372 g/mol. The van der Waals surface area contributed by atoms with Crippen LogP contribution in [-0.4, -0.2) is 20.3 Å². The molecule has 1 fully saturated rings. The summed E-state index contributed by atoms with van der Waals surface area (Å²) in [7, 11) is 1.57. The molecule has 0 unspecified atom stereocenters. The van der Waals surface area contributed by atoms with Crippen LogP contribution in [0.3, 0.4) is 0 Å². The fourth-order valence-corrected chi connectivity index (χ4v) is 3.53. The van der Waals surface area contributed by atoms with E-state index < -0.39 is 6.29 Å². The first kappa shape index (κ1) is 20.0. The van der Waals surface area contributed by atoms with E-state index >= 15 is 0 Å². The van der Waals surface area contributed by atoms with Crippen LogP contribution >= 0.6 is 0 Å². The molecule has 1 saturated heterocycles. The Hall–Kier alpha value is -1.75. The van der Waals surface area contributed by atoms with E-state index in [1.807, 2.05) is 30.3 Å². The van der Waals surface area contributed by atoms with Gasteiger partial charge in [-0.05, 0) is 23.6 Å². The van der Waals surface area contributed by atoms with Gasteiger partial charge in [-0.3, -0.25) is 0 Å². The second-order valence-electron chi connectivity index (χ2n) is 7.19. The SMILES string of the molecule is CCCCC[C@H]1CO[C@H](c2ccccc2-c2ccc(COC)c(F)c2)OC1. The van der Waals surface area contributed by atoms with Gasteiger partial charge in [0.25, 0.3) is 0 Å². The highest BCUT2D eigenvalue weighted by Crippen LogP contribution is 2.34. The first-order chi connectivity index (χ1) is 13.2. The van der Waals surface area contributed by atoms with Crippen molar-refractivity contribution in [2.75, 3.05) is 20.3 Å². The lowest BCUT2D eigenvalue weighted by Crippen LogP contribution is -2.27. The van der Waals surface area contributed by atoms with Crippen LogP contribution in [0.1, 0.15) is 50.0 Å². The Kier molecular flexibility index (Phi) is 7.39. The third-order valence-electron chi connectivity index (χ3n) is 5.06. The summed E-state index contributed by atoms with van der Waals surface area (Å²) in [6.07, 6.45) is 4.46. The number of unbranched alkanes of at least 4 members (excludes halogenated alkanes) is 2. The molecule has 0 N–H and O–H groups in total. The topological polar surface area (TPSA) is 27.7 Å². The summed E-state index contributed by atoms with van der Waals surface area (Å²) in [5.74, 6) is 0.205. The van der Waals surface area contributed by atoms with E-state index in [2.05, 4.69) is 6.92 Å². The standard InChI is InChI=1S/C23H29FO3/c1-3-4-5-8-17-14-26-23(27-15-17)21-10-7-6-9-20(21)18-11-12-19(16-25-2)22(24)13-18/h6-7,9-13,17,23H,3-5,8,14-16H2,1-2H3/t17-,23-. The van der Waals surface area contributed by atoms with Crippen molar-refractivity contribution >= 4 is 0 Å². The second-order valence-corrected chi connectivity index (χ2v) is 7.19. The molecule has 0 amide bonds. The van der Waals surface area contributed by atoms with Gasteiger partial charge in [0.15, 0.2) is 6.29 Å². The molecule has 1 aliphatic heterocycles. The molecule has 2 aromatic rings. The zero-order valence-corrected chi connectivity index (χ0v) is 16.2. The molecule has 0 radical (unpaired) electrons. The van der Waals surface area contributed by atoms with Gasteiger partial charge in [-0.2, -0.15) is 0 Å². The largest absolute Gasteiger partial charge is 0.380 e. The predicted molar refractivity (Wildman–Crippen MR) is 105 cm³/mol. The first-order valence-corrected chi connectivity index (χ1v) is 9.82. The smallest absolute Gasteiger partial charge is 0.184 e. The molecular weight excluding hydrogens is 343 g/mol. The molecule has 27 heavy (non-hydrogen) atoms. The summed E-state index contributed by atoms with van der Waals surface area (Å²) >= 11 is 0. The van der Waals surface area contributed by atoms with Crippen molar-refractivity contribution in [3.05, 3.63) is 59.4 Å². The Morgan fingerprint density at radius 3 is 2.56 bits per heavy atom. The third kappa shape index (κ3) is 5.16. The van der Waals surface area contributed by atoms with E-state index in [1.165, 1.54) is 19.3 Å².